The summed E-state index contributed by atoms with van der Waals surface area (Å²) in [7, 11) is 1.76. The first-order valence-corrected chi connectivity index (χ1v) is 12.0. The number of halogens is 3. The molecule has 0 radical (unpaired) electrons. The molecule has 0 atom stereocenters. The molecule has 0 spiro atoms. The van der Waals surface area contributed by atoms with Crippen molar-refractivity contribution in [3.8, 4) is 11.5 Å². The largest absolute Gasteiger partial charge is 0.457 e. The molecule has 0 bridgehead atoms. The van der Waals surface area contributed by atoms with Crippen molar-refractivity contribution in [3.05, 3.63) is 102 Å². The first kappa shape index (κ1) is 25.7. The van der Waals surface area contributed by atoms with Crippen LogP contribution in [0, 0.1) is 0 Å². The maximum absolute atomic E-state index is 13.1. The lowest BCUT2D eigenvalue weighted by molar-refractivity contribution is -0.137. The molecule has 0 saturated carbocycles. The van der Waals surface area contributed by atoms with Crippen LogP contribution in [-0.2, 0) is 19.6 Å². The number of imidazole rings is 1. The Hall–Kier alpha value is -4.93. The first-order valence-electron chi connectivity index (χ1n) is 12.0. The predicted octanol–water partition coefficient (Wildman–Crippen LogP) is 5.89. The van der Waals surface area contributed by atoms with Crippen LogP contribution >= 0.6 is 0 Å². The van der Waals surface area contributed by atoms with Crippen LogP contribution in [0.2, 0.25) is 0 Å². The molecule has 5 aromatic rings. The molecular weight excluding hydrogens is 509 g/mol. The number of pyridine rings is 2. The maximum atomic E-state index is 13.1. The fourth-order valence-electron chi connectivity index (χ4n) is 3.95. The minimum Gasteiger partial charge on any atom is -0.457 e. The zero-order valence-electron chi connectivity index (χ0n) is 20.7. The number of ether oxygens (including phenoxy) is 1. The number of carbonyl (C=O) groups excluding carboxylic acids is 1. The summed E-state index contributed by atoms with van der Waals surface area (Å²) in [5, 5.41) is 5.79. The summed E-state index contributed by atoms with van der Waals surface area (Å²) in [6.07, 6.45) is 1.12. The van der Waals surface area contributed by atoms with Crippen molar-refractivity contribution in [3.63, 3.8) is 0 Å². The standard InChI is InChI=1S/C28H23F3N6O2/c1-37-25-6-5-21(16-23(25)36-27(37)35-20-4-2-3-19(15-20)28(29,30)31)39-22-10-14-33-24(17-22)26(38)34-13-9-18-7-11-32-12-8-18/h2-8,10-12,14-17H,9,13H2,1H3,(H,34,38)(H,35,36). The van der Waals surface area contributed by atoms with E-state index in [9.17, 15) is 18.0 Å². The number of alkyl halides is 3. The SMILES string of the molecule is Cn1c(Nc2cccc(C(F)(F)F)c2)nc2cc(Oc3ccnc(C(=O)NCCc4ccncc4)c3)ccc21. The molecule has 3 heterocycles. The summed E-state index contributed by atoms with van der Waals surface area (Å²) in [5.41, 5.74) is 2.12. The number of carbonyl (C=O) groups is 1. The van der Waals surface area contributed by atoms with Gasteiger partial charge in [-0.15, -0.1) is 0 Å². The van der Waals surface area contributed by atoms with Gasteiger partial charge in [-0.3, -0.25) is 14.8 Å². The minimum absolute atomic E-state index is 0.216. The molecule has 11 heteroatoms. The molecule has 0 aliphatic rings. The molecule has 0 saturated heterocycles. The number of hydrogen-bond acceptors (Lipinski definition) is 6. The Morgan fingerprint density at radius 2 is 1.77 bits per heavy atom. The molecule has 39 heavy (non-hydrogen) atoms. The number of rotatable bonds is 8. The second-order valence-corrected chi connectivity index (χ2v) is 8.69. The molecule has 198 valence electrons. The van der Waals surface area contributed by atoms with E-state index < -0.39 is 11.7 Å². The van der Waals surface area contributed by atoms with E-state index in [-0.39, 0.29) is 17.3 Å². The van der Waals surface area contributed by atoms with E-state index >= 15 is 0 Å². The van der Waals surface area contributed by atoms with Gasteiger partial charge in [0.1, 0.15) is 17.2 Å². The maximum Gasteiger partial charge on any atom is 0.416 e. The van der Waals surface area contributed by atoms with E-state index in [4.69, 9.17) is 4.74 Å². The molecular formula is C28H23F3N6O2. The highest BCUT2D eigenvalue weighted by Gasteiger charge is 2.30. The molecule has 1 amide bonds. The number of amides is 1. The average molecular weight is 533 g/mol. The third kappa shape index (κ3) is 6.15. The third-order valence-corrected chi connectivity index (χ3v) is 5.95. The summed E-state index contributed by atoms with van der Waals surface area (Å²) in [4.78, 5) is 25.2. The number of nitrogens with one attached hydrogen (secondary N) is 2. The van der Waals surface area contributed by atoms with E-state index in [0.717, 1.165) is 23.2 Å². The average Bonchev–Trinajstić information content (AvgIpc) is 3.23. The van der Waals surface area contributed by atoms with Gasteiger partial charge in [0, 0.05) is 50.0 Å². The molecule has 0 aliphatic carbocycles. The lowest BCUT2D eigenvalue weighted by Gasteiger charge is -2.10. The van der Waals surface area contributed by atoms with Crippen molar-refractivity contribution in [1.82, 2.24) is 24.8 Å². The predicted molar refractivity (Wildman–Crippen MR) is 140 cm³/mol. The van der Waals surface area contributed by atoms with Gasteiger partial charge in [-0.1, -0.05) is 6.07 Å². The highest BCUT2D eigenvalue weighted by Crippen LogP contribution is 2.32. The van der Waals surface area contributed by atoms with Crippen molar-refractivity contribution in [2.45, 2.75) is 12.6 Å². The minimum atomic E-state index is -4.44. The normalized spacial score (nSPS) is 11.4. The third-order valence-electron chi connectivity index (χ3n) is 5.95. The van der Waals surface area contributed by atoms with Crippen molar-refractivity contribution in [1.29, 1.82) is 0 Å². The Kier molecular flexibility index (Phi) is 7.13. The summed E-state index contributed by atoms with van der Waals surface area (Å²) in [5.74, 6) is 0.944. The lowest BCUT2D eigenvalue weighted by Crippen LogP contribution is -2.26. The Morgan fingerprint density at radius 1 is 0.974 bits per heavy atom. The quantitative estimate of drug-likeness (QED) is 0.259. The van der Waals surface area contributed by atoms with E-state index in [1.54, 1.807) is 60.4 Å². The summed E-state index contributed by atoms with van der Waals surface area (Å²) >= 11 is 0. The van der Waals surface area contributed by atoms with Gasteiger partial charge < -0.3 is 19.9 Å². The molecule has 3 aromatic heterocycles. The molecule has 5 rings (SSSR count). The van der Waals surface area contributed by atoms with Crippen LogP contribution in [0.15, 0.2) is 85.3 Å². The fourth-order valence-corrected chi connectivity index (χ4v) is 3.95. The van der Waals surface area contributed by atoms with Crippen molar-refractivity contribution < 1.29 is 22.7 Å². The fraction of sp³-hybridized carbons (Fsp3) is 0.143. The second kappa shape index (κ2) is 10.8. The highest BCUT2D eigenvalue weighted by molar-refractivity contribution is 5.92. The van der Waals surface area contributed by atoms with E-state index in [2.05, 4.69) is 25.6 Å². The molecule has 2 N–H and O–H groups in total. The summed E-state index contributed by atoms with van der Waals surface area (Å²) in [6.45, 7) is 0.447. The van der Waals surface area contributed by atoms with Gasteiger partial charge in [0.25, 0.3) is 5.91 Å². The molecule has 8 nitrogen and oxygen atoms in total. The number of aryl methyl sites for hydroxylation is 1. The van der Waals surface area contributed by atoms with E-state index in [0.29, 0.717) is 35.9 Å². The number of benzene rings is 2. The van der Waals surface area contributed by atoms with Gasteiger partial charge in [0.2, 0.25) is 5.95 Å². The molecule has 0 fully saturated rings. The van der Waals surface area contributed by atoms with Gasteiger partial charge in [-0.05, 0) is 60.5 Å². The van der Waals surface area contributed by atoms with Gasteiger partial charge in [0.15, 0.2) is 0 Å². The zero-order valence-corrected chi connectivity index (χ0v) is 20.7. The number of nitrogens with zero attached hydrogens (tertiary/aromatic N) is 4. The second-order valence-electron chi connectivity index (χ2n) is 8.69. The van der Waals surface area contributed by atoms with Crippen molar-refractivity contribution in [2.24, 2.45) is 7.05 Å². The topological polar surface area (TPSA) is 94.0 Å². The monoisotopic (exact) mass is 532 g/mol. The van der Waals surface area contributed by atoms with Crippen LogP contribution in [0.3, 0.4) is 0 Å². The molecule has 0 aliphatic heterocycles. The zero-order chi connectivity index (χ0) is 27.4. The summed E-state index contributed by atoms with van der Waals surface area (Å²) < 4.78 is 46.9. The van der Waals surface area contributed by atoms with E-state index in [1.807, 2.05) is 12.1 Å². The van der Waals surface area contributed by atoms with Crippen molar-refractivity contribution in [2.75, 3.05) is 11.9 Å². The van der Waals surface area contributed by atoms with Crippen LogP contribution in [0.25, 0.3) is 11.0 Å². The number of fused-ring (bicyclic) bond motifs is 1. The molecule has 0 unspecified atom stereocenters. The number of hydrogen-bond donors (Lipinski definition) is 2. The van der Waals surface area contributed by atoms with Crippen LogP contribution < -0.4 is 15.4 Å². The lowest BCUT2D eigenvalue weighted by atomic mass is 10.2. The number of anilines is 2. The first-order chi connectivity index (χ1) is 18.8. The Labute approximate surface area is 221 Å². The van der Waals surface area contributed by atoms with Gasteiger partial charge in [0.05, 0.1) is 16.6 Å². The van der Waals surface area contributed by atoms with Gasteiger partial charge >= 0.3 is 6.18 Å². The van der Waals surface area contributed by atoms with Crippen LogP contribution in [0.4, 0.5) is 24.8 Å². The van der Waals surface area contributed by atoms with Gasteiger partial charge in [-0.25, -0.2) is 4.98 Å². The molecule has 2 aromatic carbocycles. The number of aromatic nitrogens is 4. The Balaban J connectivity index is 1.27. The smallest absolute Gasteiger partial charge is 0.416 e. The summed E-state index contributed by atoms with van der Waals surface area (Å²) in [6, 6.07) is 17.1. The Bertz CT molecular complexity index is 1620. The van der Waals surface area contributed by atoms with Gasteiger partial charge in [-0.2, -0.15) is 13.2 Å². The van der Waals surface area contributed by atoms with Crippen LogP contribution in [0.1, 0.15) is 21.6 Å². The van der Waals surface area contributed by atoms with E-state index in [1.165, 1.54) is 12.3 Å². The Morgan fingerprint density at radius 3 is 2.56 bits per heavy atom. The van der Waals surface area contributed by atoms with Crippen molar-refractivity contribution >= 4 is 28.6 Å². The van der Waals surface area contributed by atoms with Crippen LogP contribution in [0.5, 0.6) is 11.5 Å². The highest BCUT2D eigenvalue weighted by atomic mass is 19.4. The van der Waals surface area contributed by atoms with Crippen LogP contribution in [-0.4, -0.2) is 32.0 Å².